The van der Waals surface area contributed by atoms with Crippen LogP contribution in [0.3, 0.4) is 0 Å². The highest BCUT2D eigenvalue weighted by Gasteiger charge is 2.36. The Bertz CT molecular complexity index is 314. The summed E-state index contributed by atoms with van der Waals surface area (Å²) >= 11 is 0. The van der Waals surface area contributed by atoms with Gasteiger partial charge in [-0.15, -0.1) is 0 Å². The lowest BCUT2D eigenvalue weighted by Crippen LogP contribution is -2.60. The van der Waals surface area contributed by atoms with E-state index in [9.17, 15) is 4.79 Å². The van der Waals surface area contributed by atoms with Gasteiger partial charge in [-0.25, -0.2) is 0 Å². The highest BCUT2D eigenvalue weighted by atomic mass is 16.1. The standard InChI is InChI=1S/C15H28N2O/c1-12-9-16-8-6-5-7-14(16)10-17(12)11-15(3,4)13(2)18/h12,14H,5-11H2,1-4H3. The third-order valence-electron chi connectivity index (χ3n) is 4.87. The summed E-state index contributed by atoms with van der Waals surface area (Å²) in [6, 6.07) is 1.32. The monoisotopic (exact) mass is 252 g/mol. The molecule has 0 spiro atoms. The minimum Gasteiger partial charge on any atom is -0.299 e. The number of carbonyl (C=O) groups excluding carboxylic acids is 1. The number of carbonyl (C=O) groups is 1. The zero-order valence-electron chi connectivity index (χ0n) is 12.4. The third-order valence-corrected chi connectivity index (χ3v) is 4.87. The van der Waals surface area contributed by atoms with Crippen molar-refractivity contribution in [2.45, 2.75) is 59.0 Å². The van der Waals surface area contributed by atoms with E-state index in [1.54, 1.807) is 6.92 Å². The van der Waals surface area contributed by atoms with Crippen LogP contribution >= 0.6 is 0 Å². The third kappa shape index (κ3) is 2.94. The number of rotatable bonds is 3. The molecule has 3 heteroatoms. The molecule has 0 aromatic rings. The van der Waals surface area contributed by atoms with Crippen molar-refractivity contribution < 1.29 is 4.79 Å². The molecule has 0 aromatic heterocycles. The molecule has 0 bridgehead atoms. The first-order valence-electron chi connectivity index (χ1n) is 7.39. The smallest absolute Gasteiger partial charge is 0.136 e. The number of nitrogens with zero attached hydrogens (tertiary/aromatic N) is 2. The zero-order chi connectivity index (χ0) is 13.3. The van der Waals surface area contributed by atoms with Gasteiger partial charge in [0.1, 0.15) is 5.78 Å². The number of ketones is 1. The number of hydrogen-bond donors (Lipinski definition) is 0. The van der Waals surface area contributed by atoms with Gasteiger partial charge in [0.2, 0.25) is 0 Å². The summed E-state index contributed by atoms with van der Waals surface area (Å²) in [7, 11) is 0. The Hall–Kier alpha value is -0.410. The van der Waals surface area contributed by atoms with Gasteiger partial charge in [-0.3, -0.25) is 14.6 Å². The van der Waals surface area contributed by atoms with Crippen LogP contribution in [-0.2, 0) is 4.79 Å². The summed E-state index contributed by atoms with van der Waals surface area (Å²) in [5.74, 6) is 0.306. The lowest BCUT2D eigenvalue weighted by atomic mass is 9.86. The molecule has 0 amide bonds. The van der Waals surface area contributed by atoms with Crippen LogP contribution in [0.5, 0.6) is 0 Å². The molecule has 0 saturated carbocycles. The van der Waals surface area contributed by atoms with Gasteiger partial charge in [0.15, 0.2) is 0 Å². The highest BCUT2D eigenvalue weighted by molar-refractivity contribution is 5.81. The maximum absolute atomic E-state index is 11.7. The minimum atomic E-state index is -0.203. The van der Waals surface area contributed by atoms with Crippen molar-refractivity contribution in [2.24, 2.45) is 5.41 Å². The molecule has 2 aliphatic heterocycles. The molecule has 2 fully saturated rings. The minimum absolute atomic E-state index is 0.203. The van der Waals surface area contributed by atoms with E-state index < -0.39 is 0 Å². The molecule has 2 atom stereocenters. The molecular weight excluding hydrogens is 224 g/mol. The summed E-state index contributed by atoms with van der Waals surface area (Å²) in [5.41, 5.74) is -0.203. The summed E-state index contributed by atoms with van der Waals surface area (Å²) in [4.78, 5) is 16.9. The highest BCUT2D eigenvalue weighted by Crippen LogP contribution is 2.27. The van der Waals surface area contributed by atoms with Gasteiger partial charge in [0.05, 0.1) is 0 Å². The molecule has 2 aliphatic rings. The quantitative estimate of drug-likeness (QED) is 0.769. The maximum atomic E-state index is 11.7. The molecular formula is C15H28N2O. The SMILES string of the molecule is CC(=O)C(C)(C)CN1CC2CCCCN2CC1C. The maximum Gasteiger partial charge on any atom is 0.136 e. The van der Waals surface area contributed by atoms with Crippen LogP contribution in [0.25, 0.3) is 0 Å². The molecule has 0 radical (unpaired) electrons. The first-order chi connectivity index (χ1) is 8.40. The predicted octanol–water partition coefficient (Wildman–Crippen LogP) is 2.16. The molecule has 2 heterocycles. The zero-order valence-corrected chi connectivity index (χ0v) is 12.4. The average molecular weight is 252 g/mol. The summed E-state index contributed by atoms with van der Waals surface area (Å²) < 4.78 is 0. The largest absolute Gasteiger partial charge is 0.299 e. The normalized spacial score (nSPS) is 31.1. The van der Waals surface area contributed by atoms with E-state index >= 15 is 0 Å². The van der Waals surface area contributed by atoms with Crippen molar-refractivity contribution in [3.05, 3.63) is 0 Å². The number of hydrogen-bond acceptors (Lipinski definition) is 3. The summed E-state index contributed by atoms with van der Waals surface area (Å²) in [6.07, 6.45) is 4.07. The van der Waals surface area contributed by atoms with Crippen molar-refractivity contribution in [3.8, 4) is 0 Å². The Morgan fingerprint density at radius 3 is 2.67 bits per heavy atom. The Kier molecular flexibility index (Phi) is 4.12. The van der Waals surface area contributed by atoms with E-state index in [-0.39, 0.29) is 5.41 Å². The Balaban J connectivity index is 1.99. The lowest BCUT2D eigenvalue weighted by molar-refractivity contribution is -0.127. The first kappa shape index (κ1) is 14.0. The molecule has 0 aromatic carbocycles. The fourth-order valence-electron chi connectivity index (χ4n) is 3.25. The van der Waals surface area contributed by atoms with E-state index in [0.717, 1.165) is 19.1 Å². The topological polar surface area (TPSA) is 23.6 Å². The van der Waals surface area contributed by atoms with Crippen molar-refractivity contribution in [3.63, 3.8) is 0 Å². The molecule has 0 aliphatic carbocycles. The summed E-state index contributed by atoms with van der Waals surface area (Å²) in [5, 5.41) is 0. The van der Waals surface area contributed by atoms with Gasteiger partial charge in [0.25, 0.3) is 0 Å². The fourth-order valence-corrected chi connectivity index (χ4v) is 3.25. The second-order valence-electron chi connectivity index (χ2n) is 6.86. The fraction of sp³-hybridized carbons (Fsp3) is 0.933. The van der Waals surface area contributed by atoms with Crippen LogP contribution in [0.1, 0.15) is 47.0 Å². The average Bonchev–Trinajstić information content (AvgIpc) is 2.29. The van der Waals surface area contributed by atoms with E-state index in [2.05, 4.69) is 30.6 Å². The molecule has 2 rings (SSSR count). The first-order valence-corrected chi connectivity index (χ1v) is 7.39. The van der Waals surface area contributed by atoms with Gasteiger partial charge in [0, 0.05) is 37.1 Å². The van der Waals surface area contributed by atoms with Gasteiger partial charge in [-0.1, -0.05) is 20.3 Å². The van der Waals surface area contributed by atoms with E-state index in [0.29, 0.717) is 11.8 Å². The van der Waals surface area contributed by atoms with Gasteiger partial charge in [-0.05, 0) is 33.2 Å². The van der Waals surface area contributed by atoms with E-state index in [1.165, 1.54) is 32.4 Å². The van der Waals surface area contributed by atoms with Crippen LogP contribution < -0.4 is 0 Å². The summed E-state index contributed by atoms with van der Waals surface area (Å²) in [6.45, 7) is 12.7. The van der Waals surface area contributed by atoms with Crippen molar-refractivity contribution >= 4 is 5.78 Å². The second-order valence-corrected chi connectivity index (χ2v) is 6.86. The van der Waals surface area contributed by atoms with Crippen molar-refractivity contribution in [1.29, 1.82) is 0 Å². The number of piperidine rings is 1. The van der Waals surface area contributed by atoms with Crippen molar-refractivity contribution in [2.75, 3.05) is 26.2 Å². The van der Waals surface area contributed by atoms with Gasteiger partial charge >= 0.3 is 0 Å². The molecule has 18 heavy (non-hydrogen) atoms. The van der Waals surface area contributed by atoms with Crippen LogP contribution in [0.2, 0.25) is 0 Å². The molecule has 0 N–H and O–H groups in total. The Morgan fingerprint density at radius 2 is 2.00 bits per heavy atom. The molecule has 2 unspecified atom stereocenters. The molecule has 3 nitrogen and oxygen atoms in total. The van der Waals surface area contributed by atoms with Crippen LogP contribution in [0.15, 0.2) is 0 Å². The van der Waals surface area contributed by atoms with Gasteiger partial charge in [-0.2, -0.15) is 0 Å². The molecule has 104 valence electrons. The Labute approximate surface area is 112 Å². The van der Waals surface area contributed by atoms with Gasteiger partial charge < -0.3 is 0 Å². The van der Waals surface area contributed by atoms with Crippen LogP contribution in [0.4, 0.5) is 0 Å². The Morgan fingerprint density at radius 1 is 1.28 bits per heavy atom. The van der Waals surface area contributed by atoms with E-state index in [4.69, 9.17) is 0 Å². The van der Waals surface area contributed by atoms with Crippen molar-refractivity contribution in [1.82, 2.24) is 9.80 Å². The van der Waals surface area contributed by atoms with Crippen LogP contribution in [0, 0.1) is 5.41 Å². The van der Waals surface area contributed by atoms with E-state index in [1.807, 2.05) is 0 Å². The number of fused-ring (bicyclic) bond motifs is 1. The molecule has 2 saturated heterocycles. The number of piperazine rings is 1. The second kappa shape index (κ2) is 5.30. The number of Topliss-reactive ketones (excluding diaryl/α,β-unsaturated/α-hetero) is 1. The predicted molar refractivity (Wildman–Crippen MR) is 74.7 cm³/mol. The van der Waals surface area contributed by atoms with Crippen LogP contribution in [-0.4, -0.2) is 53.8 Å². The lowest BCUT2D eigenvalue weighted by Gasteiger charge is -2.49.